The molecular weight excluding hydrogens is 360 g/mol. The minimum atomic E-state index is -3.72. The zero-order valence-electron chi connectivity index (χ0n) is 15.6. The molecule has 27 heavy (non-hydrogen) atoms. The van der Waals surface area contributed by atoms with Crippen LogP contribution in [0.2, 0.25) is 0 Å². The number of pyridine rings is 1. The van der Waals surface area contributed by atoms with Crippen molar-refractivity contribution in [2.45, 2.75) is 25.7 Å². The van der Waals surface area contributed by atoms with Gasteiger partial charge in [0.2, 0.25) is 0 Å². The van der Waals surface area contributed by atoms with E-state index in [1.54, 1.807) is 24.3 Å². The van der Waals surface area contributed by atoms with Crippen LogP contribution in [0.1, 0.15) is 18.2 Å². The van der Waals surface area contributed by atoms with Gasteiger partial charge in [0.15, 0.2) is 0 Å². The first kappa shape index (κ1) is 18.9. The Kier molecular flexibility index (Phi) is 5.46. The van der Waals surface area contributed by atoms with E-state index in [2.05, 4.69) is 9.71 Å². The second-order valence-electron chi connectivity index (χ2n) is 6.18. The molecule has 3 aromatic rings. The number of aromatic nitrogens is 1. The second kappa shape index (κ2) is 7.80. The average molecular weight is 382 g/mol. The SMILES string of the molecule is CCOc1ccccc1-c1ccc(S(=O)(=O)Nc2cccc(C)n2)cc1C. The molecule has 1 heterocycles. The van der Waals surface area contributed by atoms with Crippen molar-refractivity contribution in [2.75, 3.05) is 11.3 Å². The molecule has 6 heteroatoms. The molecule has 0 amide bonds. The van der Waals surface area contributed by atoms with E-state index >= 15 is 0 Å². The minimum absolute atomic E-state index is 0.195. The Bertz CT molecular complexity index is 1060. The molecule has 2 aromatic carbocycles. The van der Waals surface area contributed by atoms with Crippen LogP contribution in [-0.2, 0) is 10.0 Å². The summed E-state index contributed by atoms with van der Waals surface area (Å²) in [6.07, 6.45) is 0. The molecule has 0 bridgehead atoms. The largest absolute Gasteiger partial charge is 0.493 e. The normalized spacial score (nSPS) is 11.2. The topological polar surface area (TPSA) is 68.3 Å². The van der Waals surface area contributed by atoms with Crippen LogP contribution in [0.15, 0.2) is 65.6 Å². The number of sulfonamides is 1. The van der Waals surface area contributed by atoms with Crippen molar-refractivity contribution in [1.82, 2.24) is 4.98 Å². The number of hydrogen-bond donors (Lipinski definition) is 1. The maximum Gasteiger partial charge on any atom is 0.263 e. The lowest BCUT2D eigenvalue weighted by Gasteiger charge is -2.14. The van der Waals surface area contributed by atoms with Crippen molar-refractivity contribution < 1.29 is 13.2 Å². The molecule has 0 aliphatic heterocycles. The molecule has 0 saturated heterocycles. The highest BCUT2D eigenvalue weighted by Crippen LogP contribution is 2.33. The maximum absolute atomic E-state index is 12.7. The Morgan fingerprint density at radius 1 is 0.963 bits per heavy atom. The van der Waals surface area contributed by atoms with Crippen molar-refractivity contribution >= 4 is 15.8 Å². The number of nitrogens with zero attached hydrogens (tertiary/aromatic N) is 1. The average Bonchev–Trinajstić information content (AvgIpc) is 2.62. The molecule has 0 spiro atoms. The molecule has 1 N–H and O–H groups in total. The van der Waals surface area contributed by atoms with E-state index in [1.165, 1.54) is 0 Å². The summed E-state index contributed by atoms with van der Waals surface area (Å²) in [6, 6.07) is 18.0. The van der Waals surface area contributed by atoms with Crippen LogP contribution in [0.4, 0.5) is 5.82 Å². The van der Waals surface area contributed by atoms with Gasteiger partial charge in [-0.25, -0.2) is 13.4 Å². The lowest BCUT2D eigenvalue weighted by molar-refractivity contribution is 0.341. The fraction of sp³-hybridized carbons (Fsp3) is 0.190. The number of benzene rings is 2. The first-order chi connectivity index (χ1) is 12.9. The van der Waals surface area contributed by atoms with Crippen LogP contribution in [0.3, 0.4) is 0 Å². The van der Waals surface area contributed by atoms with Crippen LogP contribution < -0.4 is 9.46 Å². The van der Waals surface area contributed by atoms with Crippen molar-refractivity contribution in [3.05, 3.63) is 71.9 Å². The van der Waals surface area contributed by atoms with Crippen molar-refractivity contribution in [3.8, 4) is 16.9 Å². The lowest BCUT2D eigenvalue weighted by atomic mass is 10.00. The van der Waals surface area contributed by atoms with E-state index in [4.69, 9.17) is 4.74 Å². The van der Waals surface area contributed by atoms with Gasteiger partial charge in [0, 0.05) is 11.3 Å². The van der Waals surface area contributed by atoms with Gasteiger partial charge >= 0.3 is 0 Å². The standard InChI is InChI=1S/C21H22N2O3S/c1-4-26-20-10-6-5-9-19(20)18-13-12-17(14-15(18)2)27(24,25)23-21-11-7-8-16(3)22-21/h5-14H,4H2,1-3H3,(H,22,23). The van der Waals surface area contributed by atoms with Gasteiger partial charge in [0.05, 0.1) is 11.5 Å². The monoisotopic (exact) mass is 382 g/mol. The number of rotatable bonds is 6. The van der Waals surface area contributed by atoms with E-state index in [1.807, 2.05) is 57.2 Å². The summed E-state index contributed by atoms with van der Waals surface area (Å²) in [5.41, 5.74) is 3.47. The molecule has 3 rings (SSSR count). The highest BCUT2D eigenvalue weighted by atomic mass is 32.2. The number of nitrogens with one attached hydrogen (secondary N) is 1. The highest BCUT2D eigenvalue weighted by molar-refractivity contribution is 7.92. The summed E-state index contributed by atoms with van der Waals surface area (Å²) >= 11 is 0. The van der Waals surface area contributed by atoms with Gasteiger partial charge in [0.1, 0.15) is 11.6 Å². The maximum atomic E-state index is 12.7. The third kappa shape index (κ3) is 4.28. The number of hydrogen-bond acceptors (Lipinski definition) is 4. The van der Waals surface area contributed by atoms with Gasteiger partial charge in [0.25, 0.3) is 10.0 Å². The highest BCUT2D eigenvalue weighted by Gasteiger charge is 2.17. The zero-order valence-corrected chi connectivity index (χ0v) is 16.4. The summed E-state index contributed by atoms with van der Waals surface area (Å²) in [5, 5.41) is 0. The predicted molar refractivity (Wildman–Crippen MR) is 108 cm³/mol. The molecular formula is C21H22N2O3S. The molecule has 1 aromatic heterocycles. The first-order valence-electron chi connectivity index (χ1n) is 8.70. The van der Waals surface area contributed by atoms with Crippen LogP contribution in [-0.4, -0.2) is 20.0 Å². The predicted octanol–water partition coefficient (Wildman–Crippen LogP) is 4.56. The van der Waals surface area contributed by atoms with Gasteiger partial charge in [-0.05, 0) is 62.2 Å². The molecule has 0 saturated carbocycles. The van der Waals surface area contributed by atoms with E-state index in [-0.39, 0.29) is 4.90 Å². The quantitative estimate of drug-likeness (QED) is 0.678. The van der Waals surface area contributed by atoms with Crippen molar-refractivity contribution in [3.63, 3.8) is 0 Å². The van der Waals surface area contributed by atoms with Gasteiger partial charge in [-0.15, -0.1) is 0 Å². The summed E-state index contributed by atoms with van der Waals surface area (Å²) in [5.74, 6) is 1.08. The number of aryl methyl sites for hydroxylation is 2. The Balaban J connectivity index is 1.95. The Hall–Kier alpha value is -2.86. The molecule has 0 aliphatic carbocycles. The summed E-state index contributed by atoms with van der Waals surface area (Å²) < 4.78 is 33.6. The van der Waals surface area contributed by atoms with Crippen molar-refractivity contribution in [1.29, 1.82) is 0 Å². The molecule has 0 atom stereocenters. The number of ether oxygens (including phenoxy) is 1. The fourth-order valence-electron chi connectivity index (χ4n) is 2.87. The number of anilines is 1. The Morgan fingerprint density at radius 3 is 2.44 bits per heavy atom. The van der Waals surface area contributed by atoms with Crippen LogP contribution in [0, 0.1) is 13.8 Å². The number of para-hydroxylation sites is 1. The lowest BCUT2D eigenvalue weighted by Crippen LogP contribution is -2.14. The van der Waals surface area contributed by atoms with Gasteiger partial charge in [-0.2, -0.15) is 0 Å². The minimum Gasteiger partial charge on any atom is -0.493 e. The molecule has 0 aliphatic rings. The summed E-state index contributed by atoms with van der Waals surface area (Å²) in [6.45, 7) is 6.20. The molecule has 0 unspecified atom stereocenters. The smallest absolute Gasteiger partial charge is 0.263 e. The van der Waals surface area contributed by atoms with E-state index in [0.717, 1.165) is 28.1 Å². The zero-order chi connectivity index (χ0) is 19.4. The Morgan fingerprint density at radius 2 is 1.74 bits per heavy atom. The van der Waals surface area contributed by atoms with Gasteiger partial charge in [-0.1, -0.05) is 30.3 Å². The molecule has 5 nitrogen and oxygen atoms in total. The van der Waals surface area contributed by atoms with Crippen molar-refractivity contribution in [2.24, 2.45) is 0 Å². The summed E-state index contributed by atoms with van der Waals surface area (Å²) in [4.78, 5) is 4.39. The van der Waals surface area contributed by atoms with Gasteiger partial charge in [-0.3, -0.25) is 4.72 Å². The van der Waals surface area contributed by atoms with Gasteiger partial charge < -0.3 is 4.74 Å². The Labute approximate surface area is 160 Å². The first-order valence-corrected chi connectivity index (χ1v) is 10.2. The van der Waals surface area contributed by atoms with E-state index < -0.39 is 10.0 Å². The summed E-state index contributed by atoms with van der Waals surface area (Å²) in [7, 11) is -3.72. The third-order valence-electron chi connectivity index (χ3n) is 4.11. The third-order valence-corrected chi connectivity index (χ3v) is 5.46. The fourth-order valence-corrected chi connectivity index (χ4v) is 3.96. The van der Waals surface area contributed by atoms with Crippen LogP contribution in [0.25, 0.3) is 11.1 Å². The molecule has 0 radical (unpaired) electrons. The van der Waals surface area contributed by atoms with E-state index in [9.17, 15) is 8.42 Å². The van der Waals surface area contributed by atoms with E-state index in [0.29, 0.717) is 12.4 Å². The molecule has 140 valence electrons. The molecule has 0 fully saturated rings. The van der Waals surface area contributed by atoms with Crippen LogP contribution >= 0.6 is 0 Å². The van der Waals surface area contributed by atoms with Crippen LogP contribution in [0.5, 0.6) is 5.75 Å². The second-order valence-corrected chi connectivity index (χ2v) is 7.86.